The molecule has 0 saturated carbocycles. The first kappa shape index (κ1) is 14.6. The van der Waals surface area contributed by atoms with Crippen molar-refractivity contribution in [2.45, 2.75) is 12.5 Å². The van der Waals surface area contributed by atoms with E-state index in [2.05, 4.69) is 4.98 Å². The van der Waals surface area contributed by atoms with Crippen molar-refractivity contribution >= 4 is 11.6 Å². The van der Waals surface area contributed by atoms with Crippen molar-refractivity contribution in [3.63, 3.8) is 0 Å². The van der Waals surface area contributed by atoms with Gasteiger partial charge in [-0.15, -0.1) is 0 Å². The lowest BCUT2D eigenvalue weighted by Crippen LogP contribution is -2.04. The number of halogens is 1. The average molecular weight is 294 g/mol. The number of methoxy groups -OCH3 is 2. The number of pyridine rings is 1. The number of hydrogen-bond donors (Lipinski definition) is 1. The maximum atomic E-state index is 10.3. The summed E-state index contributed by atoms with van der Waals surface area (Å²) in [6, 6.07) is 8.99. The number of benzene rings is 1. The van der Waals surface area contributed by atoms with E-state index in [4.69, 9.17) is 21.1 Å². The minimum absolute atomic E-state index is 0.405. The predicted octanol–water partition coefficient (Wildman–Crippen LogP) is 3.03. The van der Waals surface area contributed by atoms with Crippen LogP contribution in [0.1, 0.15) is 17.4 Å². The minimum atomic E-state index is -0.706. The number of aliphatic hydroxyl groups is 1. The van der Waals surface area contributed by atoms with Gasteiger partial charge in [-0.25, -0.2) is 0 Å². The Morgan fingerprint density at radius 3 is 2.65 bits per heavy atom. The summed E-state index contributed by atoms with van der Waals surface area (Å²) in [6.07, 6.45) is 1.40. The van der Waals surface area contributed by atoms with E-state index in [1.54, 1.807) is 18.3 Å². The maximum absolute atomic E-state index is 10.3. The van der Waals surface area contributed by atoms with Gasteiger partial charge in [0.05, 0.1) is 25.3 Å². The Bertz CT molecular complexity index is 575. The van der Waals surface area contributed by atoms with Gasteiger partial charge in [0.15, 0.2) is 11.5 Å². The molecule has 5 heteroatoms. The molecule has 1 unspecified atom stereocenters. The van der Waals surface area contributed by atoms with E-state index in [9.17, 15) is 5.11 Å². The number of ether oxygens (including phenoxy) is 2. The topological polar surface area (TPSA) is 51.6 Å². The fraction of sp³-hybridized carbons (Fsp3) is 0.267. The van der Waals surface area contributed by atoms with Crippen molar-refractivity contribution in [2.75, 3.05) is 14.2 Å². The molecule has 1 aromatic heterocycles. The van der Waals surface area contributed by atoms with Gasteiger partial charge >= 0.3 is 0 Å². The van der Waals surface area contributed by atoms with E-state index < -0.39 is 6.10 Å². The van der Waals surface area contributed by atoms with E-state index in [0.717, 1.165) is 5.69 Å². The molecule has 106 valence electrons. The van der Waals surface area contributed by atoms with Crippen molar-refractivity contribution in [1.29, 1.82) is 0 Å². The second-order valence-corrected chi connectivity index (χ2v) is 4.69. The molecule has 0 fully saturated rings. The van der Waals surface area contributed by atoms with Crippen LogP contribution in [0.5, 0.6) is 11.5 Å². The van der Waals surface area contributed by atoms with Crippen LogP contribution in [-0.2, 0) is 6.42 Å². The van der Waals surface area contributed by atoms with Gasteiger partial charge in [0.25, 0.3) is 0 Å². The predicted molar refractivity (Wildman–Crippen MR) is 77.5 cm³/mol. The highest BCUT2D eigenvalue weighted by atomic mass is 35.5. The van der Waals surface area contributed by atoms with Gasteiger partial charge in [-0.2, -0.15) is 0 Å². The molecule has 2 aromatic rings. The van der Waals surface area contributed by atoms with Crippen LogP contribution in [0.4, 0.5) is 0 Å². The molecule has 0 spiro atoms. The zero-order valence-corrected chi connectivity index (χ0v) is 12.1. The second-order valence-electron chi connectivity index (χ2n) is 4.28. The monoisotopic (exact) mass is 293 g/mol. The number of aromatic nitrogens is 1. The highest BCUT2D eigenvalue weighted by Gasteiger charge is 2.16. The molecule has 20 heavy (non-hydrogen) atoms. The van der Waals surface area contributed by atoms with E-state index in [0.29, 0.717) is 28.5 Å². The third kappa shape index (κ3) is 3.21. The lowest BCUT2D eigenvalue weighted by molar-refractivity contribution is 0.176. The molecular formula is C15H16ClNO3. The summed E-state index contributed by atoms with van der Waals surface area (Å²) >= 11 is 6.13. The van der Waals surface area contributed by atoms with Crippen LogP contribution in [0.25, 0.3) is 0 Å². The van der Waals surface area contributed by atoms with Gasteiger partial charge in [-0.05, 0) is 29.8 Å². The smallest absolute Gasteiger partial charge is 0.179 e. The molecule has 0 aliphatic rings. The summed E-state index contributed by atoms with van der Waals surface area (Å²) in [5.41, 5.74) is 1.48. The van der Waals surface area contributed by atoms with Gasteiger partial charge in [0.2, 0.25) is 0 Å². The van der Waals surface area contributed by atoms with Crippen molar-refractivity contribution in [1.82, 2.24) is 4.98 Å². The highest BCUT2D eigenvalue weighted by molar-refractivity contribution is 6.32. The summed E-state index contributed by atoms with van der Waals surface area (Å²) in [7, 11) is 3.05. The SMILES string of the molecule is COc1cc(C(O)Cc2ccccn2)cc(Cl)c1OC. The van der Waals surface area contributed by atoms with Crippen LogP contribution < -0.4 is 9.47 Å². The zero-order valence-electron chi connectivity index (χ0n) is 11.3. The Balaban J connectivity index is 2.26. The molecule has 0 saturated heterocycles. The number of nitrogens with zero attached hydrogens (tertiary/aromatic N) is 1. The molecule has 1 heterocycles. The van der Waals surface area contributed by atoms with Crippen LogP contribution in [0.2, 0.25) is 5.02 Å². The number of rotatable bonds is 5. The first-order valence-corrected chi connectivity index (χ1v) is 6.53. The molecule has 1 aromatic carbocycles. The van der Waals surface area contributed by atoms with E-state index in [1.165, 1.54) is 14.2 Å². The summed E-state index contributed by atoms with van der Waals surface area (Å²) < 4.78 is 10.4. The number of aliphatic hydroxyl groups excluding tert-OH is 1. The van der Waals surface area contributed by atoms with E-state index in [-0.39, 0.29) is 0 Å². The molecule has 0 bridgehead atoms. The van der Waals surface area contributed by atoms with Crippen LogP contribution in [0, 0.1) is 0 Å². The Labute approximate surface area is 122 Å². The molecular weight excluding hydrogens is 278 g/mol. The number of hydrogen-bond acceptors (Lipinski definition) is 4. The van der Waals surface area contributed by atoms with Crippen molar-refractivity contribution in [3.8, 4) is 11.5 Å². The Morgan fingerprint density at radius 1 is 1.25 bits per heavy atom. The van der Waals surface area contributed by atoms with Crippen molar-refractivity contribution in [2.24, 2.45) is 0 Å². The molecule has 1 atom stereocenters. The van der Waals surface area contributed by atoms with Crippen LogP contribution in [0.3, 0.4) is 0 Å². The third-order valence-electron chi connectivity index (χ3n) is 2.97. The molecule has 0 aliphatic carbocycles. The summed E-state index contributed by atoms with van der Waals surface area (Å²) in [5, 5.41) is 10.7. The highest BCUT2D eigenvalue weighted by Crippen LogP contribution is 2.38. The molecule has 0 amide bonds. The van der Waals surface area contributed by atoms with Gasteiger partial charge in [-0.3, -0.25) is 4.98 Å². The fourth-order valence-electron chi connectivity index (χ4n) is 1.97. The third-order valence-corrected chi connectivity index (χ3v) is 3.25. The van der Waals surface area contributed by atoms with Gasteiger partial charge in [0, 0.05) is 18.3 Å². The quantitative estimate of drug-likeness (QED) is 0.920. The first-order valence-electron chi connectivity index (χ1n) is 6.15. The standard InChI is InChI=1S/C15H16ClNO3/c1-19-14-8-10(7-12(16)15(14)20-2)13(18)9-11-5-3-4-6-17-11/h3-8,13,18H,9H2,1-2H3. The Kier molecular flexibility index (Phi) is 4.82. The van der Waals surface area contributed by atoms with E-state index in [1.807, 2.05) is 18.2 Å². The Morgan fingerprint density at radius 2 is 2.05 bits per heavy atom. The Hall–Kier alpha value is -1.78. The minimum Gasteiger partial charge on any atom is -0.493 e. The van der Waals surface area contributed by atoms with Gasteiger partial charge in [-0.1, -0.05) is 17.7 Å². The summed E-state index contributed by atoms with van der Waals surface area (Å²) in [6.45, 7) is 0. The molecule has 2 rings (SSSR count). The molecule has 0 radical (unpaired) electrons. The lowest BCUT2D eigenvalue weighted by Gasteiger charge is -2.15. The fourth-order valence-corrected chi connectivity index (χ4v) is 2.26. The van der Waals surface area contributed by atoms with E-state index >= 15 is 0 Å². The van der Waals surface area contributed by atoms with Crippen LogP contribution in [0.15, 0.2) is 36.5 Å². The van der Waals surface area contributed by atoms with Crippen LogP contribution >= 0.6 is 11.6 Å². The summed E-state index contributed by atoms with van der Waals surface area (Å²) in [4.78, 5) is 4.19. The second kappa shape index (κ2) is 6.59. The van der Waals surface area contributed by atoms with Gasteiger partial charge < -0.3 is 14.6 Å². The molecule has 1 N–H and O–H groups in total. The normalized spacial score (nSPS) is 12.0. The lowest BCUT2D eigenvalue weighted by atomic mass is 10.0. The molecule has 0 aliphatic heterocycles. The van der Waals surface area contributed by atoms with Crippen molar-refractivity contribution < 1.29 is 14.6 Å². The summed E-state index contributed by atoms with van der Waals surface area (Å²) in [5.74, 6) is 0.957. The average Bonchev–Trinajstić information content (AvgIpc) is 2.47. The zero-order chi connectivity index (χ0) is 14.5. The molecule has 4 nitrogen and oxygen atoms in total. The largest absolute Gasteiger partial charge is 0.493 e. The first-order chi connectivity index (χ1) is 9.65. The maximum Gasteiger partial charge on any atom is 0.179 e. The van der Waals surface area contributed by atoms with Crippen LogP contribution in [-0.4, -0.2) is 24.3 Å². The van der Waals surface area contributed by atoms with Gasteiger partial charge in [0.1, 0.15) is 0 Å². The van der Waals surface area contributed by atoms with Crippen molar-refractivity contribution in [3.05, 3.63) is 52.8 Å².